The van der Waals surface area contributed by atoms with E-state index in [1.807, 2.05) is 18.2 Å². The van der Waals surface area contributed by atoms with E-state index < -0.39 is 6.08 Å². The van der Waals surface area contributed by atoms with Gasteiger partial charge < -0.3 is 0 Å². The molecule has 0 saturated heterocycles. The number of allylic oxidation sites excluding steroid dienone is 1. The predicted molar refractivity (Wildman–Crippen MR) is 47.2 cm³/mol. The minimum Gasteiger partial charge on any atom is -0.173 e. The molecule has 1 rings (SSSR count). The van der Waals surface area contributed by atoms with Gasteiger partial charge in [-0.25, -0.2) is 0 Å². The van der Waals surface area contributed by atoms with Crippen molar-refractivity contribution < 1.29 is 8.78 Å². The van der Waals surface area contributed by atoms with Crippen molar-refractivity contribution in [1.29, 1.82) is 0 Å². The lowest BCUT2D eigenvalue weighted by Gasteiger charge is -1.98. The first-order chi connectivity index (χ1) is 5.70. The van der Waals surface area contributed by atoms with E-state index in [1.165, 1.54) is 6.92 Å². The third-order valence-corrected chi connectivity index (χ3v) is 2.25. The summed E-state index contributed by atoms with van der Waals surface area (Å²) in [6.07, 6.45) is -1.61. The van der Waals surface area contributed by atoms with Gasteiger partial charge in [0.05, 0.1) is 4.91 Å². The molecule has 0 amide bonds. The molecule has 3 heteroatoms. The van der Waals surface area contributed by atoms with E-state index in [0.29, 0.717) is 0 Å². The Kier molecular flexibility index (Phi) is 3.29. The molecular formula is C9H8F2S. The van der Waals surface area contributed by atoms with E-state index in [0.717, 1.165) is 16.7 Å². The maximum Gasteiger partial charge on any atom is 0.279 e. The zero-order valence-corrected chi connectivity index (χ0v) is 7.37. The highest BCUT2D eigenvalue weighted by Crippen LogP contribution is 2.28. The summed E-state index contributed by atoms with van der Waals surface area (Å²) in [4.78, 5) is 0.893. The molecule has 0 aliphatic heterocycles. The van der Waals surface area contributed by atoms with E-state index in [-0.39, 0.29) is 4.91 Å². The Hall–Kier alpha value is -0.830. The molecule has 0 N–H and O–H groups in total. The van der Waals surface area contributed by atoms with E-state index >= 15 is 0 Å². The first kappa shape index (κ1) is 9.26. The Labute approximate surface area is 74.3 Å². The molecule has 0 aliphatic rings. The average Bonchev–Trinajstić information content (AvgIpc) is 2.06. The van der Waals surface area contributed by atoms with Crippen LogP contribution in [-0.4, -0.2) is 0 Å². The first-order valence-corrected chi connectivity index (χ1v) is 4.26. The number of halogens is 2. The highest BCUT2D eigenvalue weighted by Gasteiger charge is 2.00. The zero-order chi connectivity index (χ0) is 8.97. The maximum absolute atomic E-state index is 12.0. The van der Waals surface area contributed by atoms with Crippen LogP contribution in [-0.2, 0) is 0 Å². The van der Waals surface area contributed by atoms with Gasteiger partial charge in [-0.15, -0.1) is 0 Å². The van der Waals surface area contributed by atoms with Gasteiger partial charge in [-0.1, -0.05) is 30.0 Å². The summed E-state index contributed by atoms with van der Waals surface area (Å²) in [6.45, 7) is 1.41. The van der Waals surface area contributed by atoms with E-state index in [1.54, 1.807) is 12.1 Å². The number of thioether (sulfide) groups is 1. The second-order valence-electron chi connectivity index (χ2n) is 2.23. The predicted octanol–water partition coefficient (Wildman–Crippen LogP) is 3.91. The fraction of sp³-hybridized carbons (Fsp3) is 0.111. The van der Waals surface area contributed by atoms with Crippen LogP contribution in [0.3, 0.4) is 0 Å². The highest BCUT2D eigenvalue weighted by atomic mass is 32.2. The number of rotatable bonds is 2. The molecule has 0 aromatic heterocycles. The summed E-state index contributed by atoms with van der Waals surface area (Å²) in [5, 5.41) is 0. The van der Waals surface area contributed by atoms with Gasteiger partial charge in [-0.3, -0.25) is 0 Å². The Balaban J connectivity index is 2.72. The standard InChI is InChI=1S/C9H8F2S/c1-7(9(10)11)12-8-5-3-2-4-6-8/h2-6H,1H3. The molecule has 0 bridgehead atoms. The second-order valence-corrected chi connectivity index (χ2v) is 3.52. The molecule has 0 aliphatic carbocycles. The second kappa shape index (κ2) is 4.26. The van der Waals surface area contributed by atoms with Crippen LogP contribution in [0, 0.1) is 0 Å². The Bertz CT molecular complexity index is 276. The van der Waals surface area contributed by atoms with Crippen molar-refractivity contribution >= 4 is 11.8 Å². The lowest BCUT2D eigenvalue weighted by Crippen LogP contribution is -1.72. The van der Waals surface area contributed by atoms with Crippen LogP contribution >= 0.6 is 11.8 Å². The van der Waals surface area contributed by atoms with Gasteiger partial charge in [0.25, 0.3) is 6.08 Å². The largest absolute Gasteiger partial charge is 0.279 e. The van der Waals surface area contributed by atoms with Crippen LogP contribution in [0.2, 0.25) is 0 Å². The van der Waals surface area contributed by atoms with Gasteiger partial charge >= 0.3 is 0 Å². The first-order valence-electron chi connectivity index (χ1n) is 3.45. The summed E-state index contributed by atoms with van der Waals surface area (Å²) in [7, 11) is 0. The van der Waals surface area contributed by atoms with Crippen molar-refractivity contribution in [2.24, 2.45) is 0 Å². The fourth-order valence-electron chi connectivity index (χ4n) is 0.704. The van der Waals surface area contributed by atoms with E-state index in [4.69, 9.17) is 0 Å². The molecule has 0 fully saturated rings. The molecule has 0 unspecified atom stereocenters. The van der Waals surface area contributed by atoms with Crippen LogP contribution in [0.1, 0.15) is 6.92 Å². The molecule has 1 aromatic rings. The molecule has 0 nitrogen and oxygen atoms in total. The van der Waals surface area contributed by atoms with Crippen molar-refractivity contribution in [3.8, 4) is 0 Å². The van der Waals surface area contributed by atoms with Gasteiger partial charge in [0, 0.05) is 4.90 Å². The zero-order valence-electron chi connectivity index (χ0n) is 6.55. The molecule has 1 aromatic carbocycles. The molecule has 64 valence electrons. The number of benzene rings is 1. The Morgan fingerprint density at radius 1 is 1.17 bits per heavy atom. The van der Waals surface area contributed by atoms with Crippen LogP contribution in [0.25, 0.3) is 0 Å². The highest BCUT2D eigenvalue weighted by molar-refractivity contribution is 8.03. The quantitative estimate of drug-likeness (QED) is 0.631. The number of hydrogen-bond donors (Lipinski definition) is 0. The molecule has 12 heavy (non-hydrogen) atoms. The Morgan fingerprint density at radius 2 is 1.75 bits per heavy atom. The average molecular weight is 186 g/mol. The van der Waals surface area contributed by atoms with Gasteiger partial charge in [0.2, 0.25) is 0 Å². The molecule has 0 saturated carbocycles. The minimum absolute atomic E-state index is 0.0567. The Morgan fingerprint density at radius 3 is 2.25 bits per heavy atom. The molecular weight excluding hydrogens is 178 g/mol. The van der Waals surface area contributed by atoms with Crippen molar-refractivity contribution in [3.05, 3.63) is 41.3 Å². The van der Waals surface area contributed by atoms with Crippen LogP contribution in [0.4, 0.5) is 8.78 Å². The fourth-order valence-corrected chi connectivity index (χ4v) is 1.43. The van der Waals surface area contributed by atoms with Crippen LogP contribution in [0.5, 0.6) is 0 Å². The van der Waals surface area contributed by atoms with Crippen LogP contribution < -0.4 is 0 Å². The van der Waals surface area contributed by atoms with Crippen molar-refractivity contribution in [2.75, 3.05) is 0 Å². The number of hydrogen-bond acceptors (Lipinski definition) is 1. The smallest absolute Gasteiger partial charge is 0.173 e. The van der Waals surface area contributed by atoms with Gasteiger partial charge in [0.1, 0.15) is 0 Å². The molecule has 0 atom stereocenters. The minimum atomic E-state index is -1.61. The monoisotopic (exact) mass is 186 g/mol. The van der Waals surface area contributed by atoms with Crippen molar-refractivity contribution in [3.63, 3.8) is 0 Å². The SMILES string of the molecule is CC(Sc1ccccc1)=C(F)F. The summed E-state index contributed by atoms with van der Waals surface area (Å²) in [6, 6.07) is 9.11. The third-order valence-electron chi connectivity index (χ3n) is 1.28. The summed E-state index contributed by atoms with van der Waals surface area (Å²) < 4.78 is 23.9. The topological polar surface area (TPSA) is 0 Å². The summed E-state index contributed by atoms with van der Waals surface area (Å²) in [5.41, 5.74) is 0. The lowest BCUT2D eigenvalue weighted by molar-refractivity contribution is 0.418. The van der Waals surface area contributed by atoms with Crippen LogP contribution in [0.15, 0.2) is 46.2 Å². The van der Waals surface area contributed by atoms with Gasteiger partial charge in [-0.2, -0.15) is 8.78 Å². The molecule has 0 spiro atoms. The molecule has 0 radical (unpaired) electrons. The van der Waals surface area contributed by atoms with Crippen molar-refractivity contribution in [2.45, 2.75) is 11.8 Å². The summed E-state index contributed by atoms with van der Waals surface area (Å²) >= 11 is 1.08. The maximum atomic E-state index is 12.0. The normalized spacial score (nSPS) is 9.58. The van der Waals surface area contributed by atoms with Crippen molar-refractivity contribution in [1.82, 2.24) is 0 Å². The van der Waals surface area contributed by atoms with Gasteiger partial charge in [-0.05, 0) is 19.1 Å². The summed E-state index contributed by atoms with van der Waals surface area (Å²) in [5.74, 6) is 0. The third kappa shape index (κ3) is 2.66. The van der Waals surface area contributed by atoms with Gasteiger partial charge in [0.15, 0.2) is 0 Å². The van der Waals surface area contributed by atoms with E-state index in [2.05, 4.69) is 0 Å². The molecule has 0 heterocycles. The lowest BCUT2D eigenvalue weighted by atomic mass is 10.4. The van der Waals surface area contributed by atoms with E-state index in [9.17, 15) is 8.78 Å².